The molecule has 6 heteroatoms. The Bertz CT molecular complexity index is 1410. The van der Waals surface area contributed by atoms with Crippen LogP contribution in [0.15, 0.2) is 72.8 Å². The number of alkyl halides is 1. The highest BCUT2D eigenvalue weighted by atomic mass is 35.5. The summed E-state index contributed by atoms with van der Waals surface area (Å²) in [5, 5.41) is 12.5. The molecule has 5 nitrogen and oxygen atoms in total. The van der Waals surface area contributed by atoms with E-state index in [1.165, 1.54) is 7.11 Å². The first-order valence-electron chi connectivity index (χ1n) is 10.3. The number of methoxy groups -OCH3 is 1. The molecule has 4 rings (SSSR count). The molecule has 0 aliphatic rings. The lowest BCUT2D eigenvalue weighted by Gasteiger charge is -2.17. The molecule has 0 amide bonds. The van der Waals surface area contributed by atoms with Crippen LogP contribution >= 0.6 is 11.6 Å². The van der Waals surface area contributed by atoms with Gasteiger partial charge < -0.3 is 9.47 Å². The number of carbonyl (C=O) groups excluding carboxylic acids is 2. The number of esters is 2. The van der Waals surface area contributed by atoms with Crippen molar-refractivity contribution in [3.05, 3.63) is 83.9 Å². The SMILES string of the molecule is COC(=O)c1cc2ccccc2cc1-c1cc2ccccc2cc1C(=O)O[C@H](CCl)CC#N. The predicted octanol–water partition coefficient (Wildman–Crippen LogP) is 6.12. The van der Waals surface area contributed by atoms with Crippen LogP contribution in [0.25, 0.3) is 32.7 Å². The number of hydrogen-bond acceptors (Lipinski definition) is 5. The summed E-state index contributed by atoms with van der Waals surface area (Å²) in [5.74, 6) is -1.11. The van der Waals surface area contributed by atoms with Gasteiger partial charge in [-0.3, -0.25) is 0 Å². The predicted molar refractivity (Wildman–Crippen MR) is 128 cm³/mol. The third kappa shape index (κ3) is 4.52. The average molecular weight is 458 g/mol. The van der Waals surface area contributed by atoms with Gasteiger partial charge in [0.05, 0.1) is 36.6 Å². The largest absolute Gasteiger partial charge is 0.465 e. The molecule has 0 N–H and O–H groups in total. The normalized spacial score (nSPS) is 11.7. The third-order valence-corrected chi connectivity index (χ3v) is 5.80. The minimum atomic E-state index is -0.736. The van der Waals surface area contributed by atoms with E-state index < -0.39 is 18.0 Å². The van der Waals surface area contributed by atoms with E-state index in [2.05, 4.69) is 0 Å². The Labute approximate surface area is 196 Å². The Morgan fingerprint density at radius 3 is 1.73 bits per heavy atom. The number of nitriles is 1. The van der Waals surface area contributed by atoms with Gasteiger partial charge in [0.1, 0.15) is 6.10 Å². The number of carbonyl (C=O) groups is 2. The molecule has 0 unspecified atom stereocenters. The van der Waals surface area contributed by atoms with Crippen molar-refractivity contribution in [1.82, 2.24) is 0 Å². The smallest absolute Gasteiger partial charge is 0.339 e. The molecule has 0 spiro atoms. The second-order valence-electron chi connectivity index (χ2n) is 7.53. The van der Waals surface area contributed by atoms with E-state index in [9.17, 15) is 9.59 Å². The molecular weight excluding hydrogens is 438 g/mol. The van der Waals surface area contributed by atoms with Crippen LogP contribution in [0.5, 0.6) is 0 Å². The standard InChI is InChI=1S/C27H20ClNO4/c1-32-26(30)24-14-19-8-4-2-6-17(19)12-22(24)23-13-18-7-3-5-9-20(18)15-25(23)27(31)33-21(16-28)10-11-29/h2-9,12-15,21H,10,16H2,1H3/t21-/m0/s1. The maximum absolute atomic E-state index is 13.2. The molecule has 4 aromatic rings. The maximum atomic E-state index is 13.2. The first-order chi connectivity index (χ1) is 16.0. The second kappa shape index (κ2) is 9.72. The van der Waals surface area contributed by atoms with E-state index in [4.69, 9.17) is 26.3 Å². The zero-order valence-electron chi connectivity index (χ0n) is 17.9. The van der Waals surface area contributed by atoms with Crippen molar-refractivity contribution in [3.8, 4) is 17.2 Å². The molecule has 0 aliphatic heterocycles. The minimum Gasteiger partial charge on any atom is -0.465 e. The molecule has 0 saturated carbocycles. The fraction of sp³-hybridized carbons (Fsp3) is 0.148. The summed E-state index contributed by atoms with van der Waals surface area (Å²) in [6.45, 7) is 0. The summed E-state index contributed by atoms with van der Waals surface area (Å²) < 4.78 is 10.6. The Morgan fingerprint density at radius 1 is 0.848 bits per heavy atom. The number of nitrogens with zero attached hydrogens (tertiary/aromatic N) is 1. The lowest BCUT2D eigenvalue weighted by molar-refractivity contribution is 0.0358. The summed E-state index contributed by atoms with van der Waals surface area (Å²) in [7, 11) is 1.32. The molecule has 1 atom stereocenters. The fourth-order valence-electron chi connectivity index (χ4n) is 3.82. The zero-order chi connectivity index (χ0) is 23.4. The van der Waals surface area contributed by atoms with Crippen LogP contribution in [0.1, 0.15) is 27.1 Å². The molecule has 0 aliphatic carbocycles. The van der Waals surface area contributed by atoms with Crippen LogP contribution in [0.4, 0.5) is 0 Å². The number of benzene rings is 4. The second-order valence-corrected chi connectivity index (χ2v) is 7.83. The summed E-state index contributed by atoms with van der Waals surface area (Å²) in [4.78, 5) is 25.9. The molecule has 0 fully saturated rings. The number of rotatable bonds is 6. The quantitative estimate of drug-likeness (QED) is 0.257. The number of fused-ring (bicyclic) bond motifs is 2. The Morgan fingerprint density at radius 2 is 1.30 bits per heavy atom. The molecule has 164 valence electrons. The van der Waals surface area contributed by atoms with Gasteiger partial charge in [-0.05, 0) is 56.9 Å². The van der Waals surface area contributed by atoms with Gasteiger partial charge in [-0.1, -0.05) is 48.5 Å². The highest BCUT2D eigenvalue weighted by Crippen LogP contribution is 2.35. The highest BCUT2D eigenvalue weighted by Gasteiger charge is 2.23. The first-order valence-corrected chi connectivity index (χ1v) is 10.9. The lowest BCUT2D eigenvalue weighted by atomic mass is 9.90. The Kier molecular flexibility index (Phi) is 6.58. The Balaban J connectivity index is 1.97. The van der Waals surface area contributed by atoms with Crippen molar-refractivity contribution in [1.29, 1.82) is 5.26 Å². The third-order valence-electron chi connectivity index (χ3n) is 5.45. The van der Waals surface area contributed by atoms with Crippen LogP contribution in [0, 0.1) is 11.3 Å². The van der Waals surface area contributed by atoms with Crippen molar-refractivity contribution < 1.29 is 19.1 Å². The van der Waals surface area contributed by atoms with E-state index in [1.807, 2.05) is 66.7 Å². The van der Waals surface area contributed by atoms with Gasteiger partial charge >= 0.3 is 11.9 Å². The van der Waals surface area contributed by atoms with E-state index in [0.717, 1.165) is 21.5 Å². The summed E-state index contributed by atoms with van der Waals surface area (Å²) >= 11 is 5.89. The van der Waals surface area contributed by atoms with E-state index in [1.54, 1.807) is 12.1 Å². The zero-order valence-corrected chi connectivity index (χ0v) is 18.6. The van der Waals surface area contributed by atoms with Crippen LogP contribution in [0.3, 0.4) is 0 Å². The summed E-state index contributed by atoms with van der Waals surface area (Å²) in [6, 6.07) is 24.5. The van der Waals surface area contributed by atoms with Gasteiger partial charge in [0, 0.05) is 0 Å². The molecule has 0 radical (unpaired) electrons. The first kappa shape index (κ1) is 22.3. The number of hydrogen-bond donors (Lipinski definition) is 0. The van der Waals surface area contributed by atoms with Crippen LogP contribution < -0.4 is 0 Å². The van der Waals surface area contributed by atoms with Crippen molar-refractivity contribution in [2.24, 2.45) is 0 Å². The summed E-state index contributed by atoms with van der Waals surface area (Å²) in [5.41, 5.74) is 1.71. The van der Waals surface area contributed by atoms with Gasteiger partial charge in [-0.15, -0.1) is 11.6 Å². The van der Waals surface area contributed by atoms with Gasteiger partial charge in [0.15, 0.2) is 0 Å². The average Bonchev–Trinajstić information content (AvgIpc) is 2.86. The van der Waals surface area contributed by atoms with Gasteiger partial charge in [0.25, 0.3) is 0 Å². The van der Waals surface area contributed by atoms with E-state index >= 15 is 0 Å². The van der Waals surface area contributed by atoms with Gasteiger partial charge in [0.2, 0.25) is 0 Å². The van der Waals surface area contributed by atoms with Gasteiger partial charge in [-0.2, -0.15) is 5.26 Å². The molecule has 0 heterocycles. The van der Waals surface area contributed by atoms with Gasteiger partial charge in [-0.25, -0.2) is 9.59 Å². The minimum absolute atomic E-state index is 0.00556. The van der Waals surface area contributed by atoms with Crippen LogP contribution in [-0.2, 0) is 9.47 Å². The molecule has 0 bridgehead atoms. The van der Waals surface area contributed by atoms with Crippen molar-refractivity contribution in [3.63, 3.8) is 0 Å². The number of halogens is 1. The molecule has 33 heavy (non-hydrogen) atoms. The summed E-state index contributed by atoms with van der Waals surface area (Å²) in [6.07, 6.45) is -0.748. The highest BCUT2D eigenvalue weighted by molar-refractivity contribution is 6.18. The number of ether oxygens (including phenoxy) is 2. The van der Waals surface area contributed by atoms with Crippen molar-refractivity contribution in [2.45, 2.75) is 12.5 Å². The maximum Gasteiger partial charge on any atom is 0.339 e. The van der Waals surface area contributed by atoms with Crippen molar-refractivity contribution >= 4 is 45.1 Å². The molecule has 0 saturated heterocycles. The topological polar surface area (TPSA) is 76.4 Å². The lowest BCUT2D eigenvalue weighted by Crippen LogP contribution is -2.20. The van der Waals surface area contributed by atoms with E-state index in [0.29, 0.717) is 16.7 Å². The molecule has 0 aromatic heterocycles. The monoisotopic (exact) mass is 457 g/mol. The van der Waals surface area contributed by atoms with Crippen molar-refractivity contribution in [2.75, 3.05) is 13.0 Å². The van der Waals surface area contributed by atoms with E-state index in [-0.39, 0.29) is 17.9 Å². The molecule has 4 aromatic carbocycles. The van der Waals surface area contributed by atoms with Crippen LogP contribution in [0.2, 0.25) is 0 Å². The fourth-order valence-corrected chi connectivity index (χ4v) is 3.99. The molecular formula is C27H20ClNO4. The van der Waals surface area contributed by atoms with Crippen LogP contribution in [-0.4, -0.2) is 31.0 Å². The Hall–Kier alpha value is -3.88.